The number of carbonyl (C=O) groups excluding carboxylic acids is 1. The van der Waals surface area contributed by atoms with Crippen molar-refractivity contribution in [3.8, 4) is 11.3 Å². The minimum Gasteiger partial charge on any atom is -0.480 e. The summed E-state index contributed by atoms with van der Waals surface area (Å²) >= 11 is 0. The summed E-state index contributed by atoms with van der Waals surface area (Å²) in [5.74, 6) is -8.55. The second kappa shape index (κ2) is 8.66. The Morgan fingerprint density at radius 1 is 1.09 bits per heavy atom. The summed E-state index contributed by atoms with van der Waals surface area (Å²) in [6.07, 6.45) is 0. The van der Waals surface area contributed by atoms with E-state index in [0.717, 1.165) is 0 Å². The van der Waals surface area contributed by atoms with Crippen LogP contribution in [0.4, 0.5) is 0 Å². The third-order valence-electron chi connectivity index (χ3n) is 4.77. The number of nitrogens with one attached hydrogen (secondary N) is 2. The molecule has 2 aromatic heterocycles. The van der Waals surface area contributed by atoms with Gasteiger partial charge in [-0.2, -0.15) is 0 Å². The normalized spacial score (nSPS) is 17.9. The molecule has 0 aliphatic heterocycles. The van der Waals surface area contributed by atoms with Crippen LogP contribution in [0.1, 0.15) is 47.4 Å². The Kier molecular flexibility index (Phi) is 6.34. The summed E-state index contributed by atoms with van der Waals surface area (Å²) in [7, 11) is -5.23. The number of aromatic carboxylic acids is 3. The molecule has 9 N–H and O–H groups in total. The average Bonchev–Trinajstić information content (AvgIpc) is 3.19. The van der Waals surface area contributed by atoms with Gasteiger partial charge in [-0.1, -0.05) is 0 Å². The van der Waals surface area contributed by atoms with Gasteiger partial charge in [-0.3, -0.25) is 19.4 Å². The molecule has 1 aliphatic carbocycles. The zero-order chi connectivity index (χ0) is 26.5. The Morgan fingerprint density at radius 2 is 1.71 bits per heavy atom. The van der Waals surface area contributed by atoms with Crippen molar-refractivity contribution in [2.24, 2.45) is 0 Å². The smallest absolute Gasteiger partial charge is 0.469 e. The number of Topliss-reactive ketones (excluding diaryl/α,β-unsaturated/α-hetero) is 1. The fourth-order valence-corrected chi connectivity index (χ4v) is 3.66. The van der Waals surface area contributed by atoms with Crippen molar-refractivity contribution in [3.05, 3.63) is 40.3 Å². The second-order valence-corrected chi connectivity index (χ2v) is 8.27. The van der Waals surface area contributed by atoms with Crippen LogP contribution in [0, 0.1) is 0 Å². The number of phosphoric ester groups is 1. The van der Waals surface area contributed by atoms with Crippen LogP contribution < -0.4 is 5.32 Å². The van der Waals surface area contributed by atoms with E-state index < -0.39 is 95.3 Å². The molecule has 0 radical (unpaired) electrons. The third kappa shape index (κ3) is 4.67. The predicted molar refractivity (Wildman–Crippen MR) is 106 cm³/mol. The molecule has 18 heteroatoms. The van der Waals surface area contributed by atoms with Crippen LogP contribution in [0.15, 0.2) is 12.1 Å². The molecule has 1 aliphatic rings. The first-order chi connectivity index (χ1) is 16.1. The molecule has 2 unspecified atom stereocenters. The second-order valence-electron chi connectivity index (χ2n) is 7.03. The van der Waals surface area contributed by atoms with Crippen LogP contribution in [-0.4, -0.2) is 87.6 Å². The van der Waals surface area contributed by atoms with Crippen LogP contribution in [0.25, 0.3) is 11.3 Å². The topological polar surface area (TPSA) is 294 Å². The van der Waals surface area contributed by atoms with Gasteiger partial charge in [0, 0.05) is 11.1 Å². The first kappa shape index (κ1) is 25.6. The van der Waals surface area contributed by atoms with Gasteiger partial charge in [-0.15, -0.1) is 0 Å². The number of pyridine rings is 1. The van der Waals surface area contributed by atoms with Crippen LogP contribution in [0.2, 0.25) is 0 Å². The van der Waals surface area contributed by atoms with Crippen LogP contribution in [-0.2, 0) is 19.6 Å². The van der Waals surface area contributed by atoms with Gasteiger partial charge in [0.05, 0.1) is 17.9 Å². The van der Waals surface area contributed by atoms with E-state index in [2.05, 4.69) is 14.5 Å². The fourth-order valence-electron chi connectivity index (χ4n) is 3.32. The number of phosphoric acid groups is 1. The van der Waals surface area contributed by atoms with Gasteiger partial charge in [0.2, 0.25) is 11.5 Å². The van der Waals surface area contributed by atoms with Crippen LogP contribution >= 0.6 is 7.82 Å². The summed E-state index contributed by atoms with van der Waals surface area (Å²) in [6, 6.07) is -0.961. The maximum Gasteiger partial charge on any atom is 0.469 e. The monoisotopic (exact) mass is 515 g/mol. The lowest BCUT2D eigenvalue weighted by Crippen LogP contribution is -2.58. The van der Waals surface area contributed by atoms with Crippen molar-refractivity contribution in [3.63, 3.8) is 0 Å². The summed E-state index contributed by atoms with van der Waals surface area (Å²) in [5, 5.41) is 50.7. The fraction of sp³-hybridized carbons (Fsp3) is 0.176. The molecule has 3 rings (SSSR count). The SMILES string of the molecule is O=C(O)c1cc(C(=O)O)c2c(n1)C(O)(NC(COP(=O)(O)O)C(=O)O)C(=O)c1cc(C(=O)O)[nH]c1-2. The highest BCUT2D eigenvalue weighted by Gasteiger charge is 2.51. The number of ketones is 1. The number of fused-ring (bicyclic) bond motifs is 3. The number of aliphatic carboxylic acids is 1. The molecular weight excluding hydrogens is 501 g/mol. The third-order valence-corrected chi connectivity index (χ3v) is 5.26. The van der Waals surface area contributed by atoms with Crippen molar-refractivity contribution in [1.82, 2.24) is 15.3 Å². The van der Waals surface area contributed by atoms with Gasteiger partial charge in [-0.05, 0) is 12.1 Å². The van der Waals surface area contributed by atoms with E-state index in [1.807, 2.05) is 5.32 Å². The molecule has 2 aromatic rings. The van der Waals surface area contributed by atoms with E-state index in [4.69, 9.17) is 9.79 Å². The van der Waals surface area contributed by atoms with Crippen molar-refractivity contribution in [1.29, 1.82) is 0 Å². The molecule has 0 saturated carbocycles. The highest BCUT2D eigenvalue weighted by atomic mass is 31.2. The highest BCUT2D eigenvalue weighted by molar-refractivity contribution is 7.46. The first-order valence-corrected chi connectivity index (χ1v) is 10.6. The van der Waals surface area contributed by atoms with Crippen LogP contribution in [0.5, 0.6) is 0 Å². The van der Waals surface area contributed by atoms with Crippen molar-refractivity contribution in [2.45, 2.75) is 11.8 Å². The minimum atomic E-state index is -5.23. The summed E-state index contributed by atoms with van der Waals surface area (Å²) in [5.41, 5.74) is -8.53. The zero-order valence-corrected chi connectivity index (χ0v) is 17.7. The number of aliphatic hydroxyl groups is 1. The number of aromatic amines is 1. The maximum atomic E-state index is 13.2. The number of aromatic nitrogens is 2. The summed E-state index contributed by atoms with van der Waals surface area (Å²) in [6.45, 7) is -1.32. The number of carboxylic acids is 4. The first-order valence-electron chi connectivity index (χ1n) is 9.03. The molecule has 2 atom stereocenters. The molecule has 0 spiro atoms. The molecule has 2 heterocycles. The number of H-pyrrole nitrogens is 1. The molecule has 186 valence electrons. The van der Waals surface area contributed by atoms with Gasteiger partial charge >= 0.3 is 31.7 Å². The standard InChI is InChI=1S/C17H14N3O14P/c21-12-5-2-6(14(24)25)18-10(5)9-4(13(22)23)1-7(15(26)27)19-11(9)17(12,30)20-8(16(28)29)3-34-35(31,32)33/h1-2,8,18,20,30H,3H2,(H,22,23)(H,24,25)(H,26,27)(H,28,29)(H2,31,32,33). The lowest BCUT2D eigenvalue weighted by atomic mass is 9.83. The Bertz CT molecular complexity index is 1340. The van der Waals surface area contributed by atoms with Crippen molar-refractivity contribution in [2.75, 3.05) is 6.61 Å². The van der Waals surface area contributed by atoms with Gasteiger partial charge in [-0.25, -0.2) is 23.9 Å². The number of rotatable bonds is 9. The molecule has 35 heavy (non-hydrogen) atoms. The Labute approximate surface area is 191 Å². The lowest BCUT2D eigenvalue weighted by Gasteiger charge is -2.35. The quantitative estimate of drug-likeness (QED) is 0.138. The summed E-state index contributed by atoms with van der Waals surface area (Å²) in [4.78, 5) is 83.2. The van der Waals surface area contributed by atoms with Crippen molar-refractivity contribution >= 4 is 37.5 Å². The molecule has 0 aromatic carbocycles. The zero-order valence-electron chi connectivity index (χ0n) is 16.8. The minimum absolute atomic E-state index is 0.464. The molecule has 17 nitrogen and oxygen atoms in total. The van der Waals surface area contributed by atoms with E-state index in [-0.39, 0.29) is 0 Å². The van der Waals surface area contributed by atoms with Crippen LogP contribution in [0.3, 0.4) is 0 Å². The van der Waals surface area contributed by atoms with Crippen molar-refractivity contribution < 1.29 is 68.4 Å². The Balaban J connectivity index is 2.32. The van der Waals surface area contributed by atoms with E-state index in [1.54, 1.807) is 0 Å². The van der Waals surface area contributed by atoms with Gasteiger partial charge in [0.1, 0.15) is 23.1 Å². The summed E-state index contributed by atoms with van der Waals surface area (Å²) < 4.78 is 15.1. The maximum absolute atomic E-state index is 13.2. The molecular formula is C17H14N3O14P. The number of hydrogen-bond donors (Lipinski definition) is 9. The van der Waals surface area contributed by atoms with E-state index in [1.165, 1.54) is 0 Å². The highest BCUT2D eigenvalue weighted by Crippen LogP contribution is 2.43. The molecule has 0 bridgehead atoms. The number of carbonyl (C=O) groups is 5. The molecule has 0 saturated heterocycles. The van der Waals surface area contributed by atoms with E-state index in [0.29, 0.717) is 12.1 Å². The Hall–Kier alpha value is -3.99. The number of nitrogens with zero attached hydrogens (tertiary/aromatic N) is 1. The number of hydrogen-bond acceptors (Lipinski definition) is 10. The van der Waals surface area contributed by atoms with Gasteiger partial charge < -0.3 is 40.3 Å². The lowest BCUT2D eigenvalue weighted by molar-refractivity contribution is -0.142. The predicted octanol–water partition coefficient (Wildman–Crippen LogP) is -1.34. The van der Waals surface area contributed by atoms with E-state index in [9.17, 15) is 54.1 Å². The molecule has 0 amide bonds. The van der Waals surface area contributed by atoms with Gasteiger partial charge in [0.15, 0.2) is 0 Å². The number of carboxylic acid groups (broad SMARTS) is 4. The van der Waals surface area contributed by atoms with Gasteiger partial charge in [0.25, 0.3) is 0 Å². The Morgan fingerprint density at radius 3 is 2.20 bits per heavy atom. The molecule has 0 fully saturated rings. The van der Waals surface area contributed by atoms with E-state index >= 15 is 0 Å². The largest absolute Gasteiger partial charge is 0.480 e. The average molecular weight is 515 g/mol.